The summed E-state index contributed by atoms with van der Waals surface area (Å²) in [5, 5.41) is 0. The zero-order chi connectivity index (χ0) is 9.84. The summed E-state index contributed by atoms with van der Waals surface area (Å²) < 4.78 is 14.6. The van der Waals surface area contributed by atoms with E-state index in [2.05, 4.69) is 6.92 Å². The maximum Gasteiger partial charge on any atom is 0.306 e. The molecule has 1 aliphatic rings. The quantitative estimate of drug-likeness (QED) is 0.555. The fourth-order valence-corrected chi connectivity index (χ4v) is 1.12. The maximum atomic E-state index is 10.6. The number of hydrogen-bond acceptors (Lipinski definition) is 5. The first-order chi connectivity index (χ1) is 6.09. The van der Waals surface area contributed by atoms with Crippen LogP contribution in [0.2, 0.25) is 0 Å². The van der Waals surface area contributed by atoms with Crippen molar-refractivity contribution in [3.05, 3.63) is 6.92 Å². The van der Waals surface area contributed by atoms with Crippen LogP contribution < -0.4 is 0 Å². The van der Waals surface area contributed by atoms with E-state index in [1.807, 2.05) is 0 Å². The minimum atomic E-state index is -0.646. The molecule has 2 atom stereocenters. The van der Waals surface area contributed by atoms with Crippen LogP contribution in [0.15, 0.2) is 0 Å². The third-order valence-electron chi connectivity index (χ3n) is 1.58. The smallest absolute Gasteiger partial charge is 0.306 e. The van der Waals surface area contributed by atoms with Crippen LogP contribution in [0.4, 0.5) is 0 Å². The third-order valence-corrected chi connectivity index (χ3v) is 1.58. The molecule has 2 unspecified atom stereocenters. The second-order valence-corrected chi connectivity index (χ2v) is 2.71. The Bertz CT molecular complexity index is 191. The van der Waals surface area contributed by atoms with Crippen LogP contribution in [-0.4, -0.2) is 37.4 Å². The average molecular weight is 187 g/mol. The predicted molar refractivity (Wildman–Crippen MR) is 41.6 cm³/mol. The summed E-state index contributed by atoms with van der Waals surface area (Å²) in [6.45, 7) is 4.86. The lowest BCUT2D eigenvalue weighted by molar-refractivity contribution is -0.159. The SMILES string of the molecule is [CH2]C(=O)OC1COCC1OC(C)=O. The predicted octanol–water partition coefficient (Wildman–Crippen LogP) is -0.306. The highest BCUT2D eigenvalue weighted by Crippen LogP contribution is 2.13. The van der Waals surface area contributed by atoms with E-state index in [9.17, 15) is 9.59 Å². The number of rotatable bonds is 2. The molecule has 0 aromatic carbocycles. The van der Waals surface area contributed by atoms with Gasteiger partial charge in [-0.1, -0.05) is 0 Å². The molecule has 1 heterocycles. The van der Waals surface area contributed by atoms with Crippen molar-refractivity contribution < 1.29 is 23.8 Å². The van der Waals surface area contributed by atoms with Crippen molar-refractivity contribution in [2.75, 3.05) is 13.2 Å². The maximum absolute atomic E-state index is 10.6. The van der Waals surface area contributed by atoms with Gasteiger partial charge in [-0.15, -0.1) is 0 Å². The van der Waals surface area contributed by atoms with Crippen LogP contribution in [0, 0.1) is 6.92 Å². The number of carbonyl (C=O) groups is 2. The lowest BCUT2D eigenvalue weighted by Gasteiger charge is -2.16. The summed E-state index contributed by atoms with van der Waals surface area (Å²) in [4.78, 5) is 21.1. The molecule has 0 N–H and O–H groups in total. The Balaban J connectivity index is 2.43. The van der Waals surface area contributed by atoms with Crippen LogP contribution in [0.25, 0.3) is 0 Å². The first-order valence-electron chi connectivity index (χ1n) is 3.87. The molecule has 13 heavy (non-hydrogen) atoms. The van der Waals surface area contributed by atoms with Crippen LogP contribution in [-0.2, 0) is 23.8 Å². The second-order valence-electron chi connectivity index (χ2n) is 2.71. The van der Waals surface area contributed by atoms with Crippen molar-refractivity contribution in [3.63, 3.8) is 0 Å². The van der Waals surface area contributed by atoms with Gasteiger partial charge >= 0.3 is 11.9 Å². The fourth-order valence-electron chi connectivity index (χ4n) is 1.12. The Morgan fingerprint density at radius 3 is 2.31 bits per heavy atom. The van der Waals surface area contributed by atoms with Crippen molar-refractivity contribution in [3.8, 4) is 0 Å². The molecule has 1 radical (unpaired) electrons. The Morgan fingerprint density at radius 1 is 1.31 bits per heavy atom. The Hall–Kier alpha value is -1.10. The zero-order valence-electron chi connectivity index (χ0n) is 7.32. The minimum absolute atomic E-state index is 0.249. The van der Waals surface area contributed by atoms with Gasteiger partial charge in [0, 0.05) is 6.92 Å². The Kier molecular flexibility index (Phi) is 3.25. The van der Waals surface area contributed by atoms with Crippen molar-refractivity contribution in [2.45, 2.75) is 19.1 Å². The van der Waals surface area contributed by atoms with Gasteiger partial charge in [-0.3, -0.25) is 9.59 Å². The summed E-state index contributed by atoms with van der Waals surface area (Å²) >= 11 is 0. The van der Waals surface area contributed by atoms with Gasteiger partial charge in [-0.25, -0.2) is 0 Å². The topological polar surface area (TPSA) is 61.8 Å². The lowest BCUT2D eigenvalue weighted by Crippen LogP contribution is -2.32. The Morgan fingerprint density at radius 2 is 1.85 bits per heavy atom. The van der Waals surface area contributed by atoms with E-state index in [4.69, 9.17) is 14.2 Å². The molecule has 0 spiro atoms. The molecule has 1 fully saturated rings. The lowest BCUT2D eigenvalue weighted by atomic mass is 10.2. The van der Waals surface area contributed by atoms with Crippen molar-refractivity contribution in [1.82, 2.24) is 0 Å². The summed E-state index contributed by atoms with van der Waals surface area (Å²) in [5.41, 5.74) is 0. The van der Waals surface area contributed by atoms with Gasteiger partial charge in [-0.2, -0.15) is 0 Å². The summed E-state index contributed by atoms with van der Waals surface area (Å²) in [6, 6.07) is 0. The highest BCUT2D eigenvalue weighted by molar-refractivity contribution is 5.74. The van der Waals surface area contributed by atoms with Gasteiger partial charge in [0.25, 0.3) is 0 Å². The van der Waals surface area contributed by atoms with Gasteiger partial charge in [0.05, 0.1) is 20.1 Å². The number of hydrogen-bond donors (Lipinski definition) is 0. The molecule has 73 valence electrons. The average Bonchev–Trinajstić information content (AvgIpc) is 2.34. The molecule has 0 bridgehead atoms. The third kappa shape index (κ3) is 3.02. The van der Waals surface area contributed by atoms with E-state index in [-0.39, 0.29) is 13.2 Å². The fraction of sp³-hybridized carbons (Fsp3) is 0.625. The largest absolute Gasteiger partial charge is 0.456 e. The molecule has 1 saturated heterocycles. The molecule has 0 saturated carbocycles. The van der Waals surface area contributed by atoms with E-state index < -0.39 is 24.1 Å². The molecule has 0 aromatic rings. The van der Waals surface area contributed by atoms with Gasteiger partial charge < -0.3 is 14.2 Å². The number of ether oxygens (including phenoxy) is 3. The van der Waals surface area contributed by atoms with Crippen LogP contribution >= 0.6 is 0 Å². The molecule has 1 rings (SSSR count). The monoisotopic (exact) mass is 187 g/mol. The molecular weight excluding hydrogens is 176 g/mol. The first-order valence-corrected chi connectivity index (χ1v) is 3.87. The minimum Gasteiger partial charge on any atom is -0.456 e. The van der Waals surface area contributed by atoms with Crippen LogP contribution in [0.1, 0.15) is 6.92 Å². The summed E-state index contributed by atoms with van der Waals surface area (Å²) in [6.07, 6.45) is -1.02. The molecule has 0 amide bonds. The van der Waals surface area contributed by atoms with Gasteiger partial charge in [0.15, 0.2) is 12.2 Å². The molecule has 0 aromatic heterocycles. The number of carbonyl (C=O) groups excluding carboxylic acids is 2. The van der Waals surface area contributed by atoms with E-state index in [1.54, 1.807) is 0 Å². The van der Waals surface area contributed by atoms with Crippen LogP contribution in [0.3, 0.4) is 0 Å². The highest BCUT2D eigenvalue weighted by Gasteiger charge is 2.33. The number of esters is 2. The summed E-state index contributed by atoms with van der Waals surface area (Å²) in [5.74, 6) is -1.06. The van der Waals surface area contributed by atoms with Gasteiger partial charge in [-0.05, 0) is 0 Å². The highest BCUT2D eigenvalue weighted by atomic mass is 16.6. The van der Waals surface area contributed by atoms with Crippen molar-refractivity contribution in [1.29, 1.82) is 0 Å². The van der Waals surface area contributed by atoms with E-state index in [0.29, 0.717) is 0 Å². The molecule has 0 aliphatic carbocycles. The van der Waals surface area contributed by atoms with Gasteiger partial charge in [0.1, 0.15) is 0 Å². The Labute approximate surface area is 76.0 Å². The van der Waals surface area contributed by atoms with E-state index in [1.165, 1.54) is 6.92 Å². The standard InChI is InChI=1S/C8H11O5/c1-5(9)12-7-3-11-4-8(7)13-6(2)10/h7-8H,1,3-4H2,2H3. The molecular formula is C8H11O5. The second kappa shape index (κ2) is 4.23. The van der Waals surface area contributed by atoms with E-state index >= 15 is 0 Å². The van der Waals surface area contributed by atoms with Crippen molar-refractivity contribution >= 4 is 11.9 Å². The van der Waals surface area contributed by atoms with Crippen molar-refractivity contribution in [2.24, 2.45) is 0 Å². The molecule has 5 nitrogen and oxygen atoms in total. The van der Waals surface area contributed by atoms with Gasteiger partial charge in [0.2, 0.25) is 0 Å². The molecule has 5 heteroatoms. The first kappa shape index (κ1) is 9.98. The molecule has 1 aliphatic heterocycles. The normalized spacial score (nSPS) is 26.9. The van der Waals surface area contributed by atoms with E-state index in [0.717, 1.165) is 0 Å². The zero-order valence-corrected chi connectivity index (χ0v) is 7.32. The summed E-state index contributed by atoms with van der Waals surface area (Å²) in [7, 11) is 0. The van der Waals surface area contributed by atoms with Crippen LogP contribution in [0.5, 0.6) is 0 Å².